The van der Waals surface area contributed by atoms with E-state index in [0.29, 0.717) is 11.7 Å². The first-order valence-corrected chi connectivity index (χ1v) is 9.03. The molecule has 2 fully saturated rings. The molecule has 0 bridgehead atoms. The van der Waals surface area contributed by atoms with E-state index in [1.54, 1.807) is 13.8 Å². The van der Waals surface area contributed by atoms with Crippen LogP contribution in [0.1, 0.15) is 39.5 Å². The summed E-state index contributed by atoms with van der Waals surface area (Å²) in [7, 11) is 0. The summed E-state index contributed by atoms with van der Waals surface area (Å²) in [5.41, 5.74) is -0.946. The molecule has 2 saturated heterocycles. The number of unbranched alkanes of at least 4 members (excludes halogenated alkanes) is 1. The molecule has 0 radical (unpaired) electrons. The number of carbonyl (C=O) groups excluding carboxylic acids is 2. The van der Waals surface area contributed by atoms with Crippen LogP contribution in [-0.4, -0.2) is 52.6 Å². The summed E-state index contributed by atoms with van der Waals surface area (Å²) in [6, 6.07) is 0.363. The summed E-state index contributed by atoms with van der Waals surface area (Å²) in [4.78, 5) is 34.0. The summed E-state index contributed by atoms with van der Waals surface area (Å²) in [5, 5.41) is 18.0. The van der Waals surface area contributed by atoms with Crippen LogP contribution in [0.15, 0.2) is 0 Å². The highest BCUT2D eigenvalue weighted by Crippen LogP contribution is 2.33. The summed E-state index contributed by atoms with van der Waals surface area (Å²) in [6.07, 6.45) is 3.08. The van der Waals surface area contributed by atoms with E-state index in [9.17, 15) is 14.4 Å². The Morgan fingerprint density at radius 1 is 1.35 bits per heavy atom. The Bertz CT molecular complexity index is 483. The second kappa shape index (κ2) is 7.42. The van der Waals surface area contributed by atoms with Gasteiger partial charge in [-0.25, -0.2) is 4.79 Å². The number of carbonyl (C=O) groups is 3. The topological polar surface area (TPSA) is 108 Å². The molecule has 0 aromatic carbocycles. The quantitative estimate of drug-likeness (QED) is 0.387. The normalized spacial score (nSPS) is 26.3. The van der Waals surface area contributed by atoms with Gasteiger partial charge in [-0.15, -0.1) is 0 Å². The van der Waals surface area contributed by atoms with Crippen LogP contribution in [0.3, 0.4) is 0 Å². The molecule has 0 aromatic heterocycles. The van der Waals surface area contributed by atoms with Gasteiger partial charge in [-0.1, -0.05) is 6.42 Å². The SMILES string of the molecule is CC(C)(CNC(=O)CCCC[C@@H]1SC[C@@H]2NC(=O)N[C@@H]21)C(=O)O. The number of hydrogen-bond donors (Lipinski definition) is 4. The Balaban J connectivity index is 1.59. The summed E-state index contributed by atoms with van der Waals surface area (Å²) in [5.74, 6) is -0.0799. The van der Waals surface area contributed by atoms with Crippen molar-refractivity contribution < 1.29 is 19.5 Å². The lowest BCUT2D eigenvalue weighted by Gasteiger charge is -2.19. The zero-order valence-electron chi connectivity index (χ0n) is 13.6. The largest absolute Gasteiger partial charge is 0.481 e. The average molecular weight is 343 g/mol. The molecule has 3 atom stereocenters. The van der Waals surface area contributed by atoms with Crippen LogP contribution >= 0.6 is 11.8 Å². The Kier molecular flexibility index (Phi) is 5.78. The predicted molar refractivity (Wildman–Crippen MR) is 88.4 cm³/mol. The third-order valence-corrected chi connectivity index (χ3v) is 5.90. The first-order chi connectivity index (χ1) is 10.8. The second-order valence-electron chi connectivity index (χ2n) is 6.83. The molecule has 0 unspecified atom stereocenters. The number of urea groups is 1. The van der Waals surface area contributed by atoms with Gasteiger partial charge < -0.3 is 21.1 Å². The highest BCUT2D eigenvalue weighted by atomic mass is 32.2. The summed E-state index contributed by atoms with van der Waals surface area (Å²) >= 11 is 1.87. The lowest BCUT2D eigenvalue weighted by molar-refractivity contribution is -0.146. The van der Waals surface area contributed by atoms with Crippen molar-refractivity contribution in [3.63, 3.8) is 0 Å². The number of thioether (sulfide) groups is 1. The smallest absolute Gasteiger partial charge is 0.315 e. The Morgan fingerprint density at radius 3 is 2.78 bits per heavy atom. The van der Waals surface area contributed by atoms with Gasteiger partial charge in [0.25, 0.3) is 0 Å². The maximum absolute atomic E-state index is 11.8. The molecule has 2 aliphatic heterocycles. The third-order valence-electron chi connectivity index (χ3n) is 4.39. The van der Waals surface area contributed by atoms with Crippen LogP contribution in [0.2, 0.25) is 0 Å². The van der Waals surface area contributed by atoms with Crippen molar-refractivity contribution in [2.75, 3.05) is 12.3 Å². The maximum atomic E-state index is 11.8. The van der Waals surface area contributed by atoms with Gasteiger partial charge >= 0.3 is 12.0 Å². The fourth-order valence-electron chi connectivity index (χ4n) is 2.76. The standard InChI is InChI=1S/C15H25N3O4S/c1-15(2,13(20)21)8-16-11(19)6-4-3-5-10-12-9(7-23-10)17-14(22)18-12/h9-10,12H,3-8H2,1-2H3,(H,16,19)(H,20,21)(H2,17,18,22)/t9-,10-,12-/m0/s1. The minimum Gasteiger partial charge on any atom is -0.481 e. The number of amides is 3. The fourth-order valence-corrected chi connectivity index (χ4v) is 4.30. The molecule has 8 heteroatoms. The van der Waals surface area contributed by atoms with Crippen LogP contribution in [0.25, 0.3) is 0 Å². The molecule has 2 heterocycles. The van der Waals surface area contributed by atoms with Crippen LogP contribution < -0.4 is 16.0 Å². The lowest BCUT2D eigenvalue weighted by atomic mass is 9.94. The van der Waals surface area contributed by atoms with Gasteiger partial charge in [-0.05, 0) is 26.7 Å². The van der Waals surface area contributed by atoms with Crippen molar-refractivity contribution in [3.8, 4) is 0 Å². The second-order valence-corrected chi connectivity index (χ2v) is 8.11. The van der Waals surface area contributed by atoms with E-state index < -0.39 is 11.4 Å². The van der Waals surface area contributed by atoms with E-state index in [2.05, 4.69) is 16.0 Å². The monoisotopic (exact) mass is 343 g/mol. The van der Waals surface area contributed by atoms with Gasteiger partial charge in [0.05, 0.1) is 17.5 Å². The summed E-state index contributed by atoms with van der Waals surface area (Å²) < 4.78 is 0. The van der Waals surface area contributed by atoms with E-state index in [4.69, 9.17) is 5.11 Å². The minimum absolute atomic E-state index is 0.0780. The zero-order valence-corrected chi connectivity index (χ0v) is 14.4. The highest BCUT2D eigenvalue weighted by molar-refractivity contribution is 8.00. The Labute approximate surface area is 140 Å². The van der Waals surface area contributed by atoms with E-state index in [0.717, 1.165) is 25.0 Å². The van der Waals surface area contributed by atoms with Crippen molar-refractivity contribution in [2.45, 2.75) is 56.9 Å². The molecular weight excluding hydrogens is 318 g/mol. The Morgan fingerprint density at radius 2 is 2.09 bits per heavy atom. The third kappa shape index (κ3) is 4.76. The van der Waals surface area contributed by atoms with Crippen molar-refractivity contribution in [3.05, 3.63) is 0 Å². The number of aliphatic carboxylic acids is 1. The Hall–Kier alpha value is -1.44. The molecule has 0 spiro atoms. The van der Waals surface area contributed by atoms with Crippen LogP contribution in [0, 0.1) is 5.41 Å². The zero-order chi connectivity index (χ0) is 17.0. The van der Waals surface area contributed by atoms with E-state index in [1.165, 1.54) is 0 Å². The van der Waals surface area contributed by atoms with Crippen molar-refractivity contribution in [1.82, 2.24) is 16.0 Å². The molecular formula is C15H25N3O4S. The van der Waals surface area contributed by atoms with E-state index >= 15 is 0 Å². The number of nitrogens with one attached hydrogen (secondary N) is 3. The van der Waals surface area contributed by atoms with Gasteiger partial charge in [0.1, 0.15) is 0 Å². The average Bonchev–Trinajstić information content (AvgIpc) is 3.01. The van der Waals surface area contributed by atoms with Gasteiger partial charge in [0.2, 0.25) is 5.91 Å². The van der Waals surface area contributed by atoms with Crippen molar-refractivity contribution in [1.29, 1.82) is 0 Å². The van der Waals surface area contributed by atoms with Crippen LogP contribution in [-0.2, 0) is 9.59 Å². The molecule has 0 saturated carbocycles. The molecule has 23 heavy (non-hydrogen) atoms. The lowest BCUT2D eigenvalue weighted by Crippen LogP contribution is -2.38. The number of fused-ring (bicyclic) bond motifs is 1. The highest BCUT2D eigenvalue weighted by Gasteiger charge is 2.42. The van der Waals surface area contributed by atoms with Crippen molar-refractivity contribution >= 4 is 29.7 Å². The number of rotatable bonds is 8. The molecule has 0 aromatic rings. The molecule has 3 amide bonds. The number of carboxylic acid groups (broad SMARTS) is 1. The van der Waals surface area contributed by atoms with Crippen LogP contribution in [0.4, 0.5) is 4.79 Å². The predicted octanol–water partition coefficient (Wildman–Crippen LogP) is 0.939. The molecule has 0 aliphatic carbocycles. The van der Waals surface area contributed by atoms with Gasteiger partial charge in [-0.3, -0.25) is 9.59 Å². The molecule has 130 valence electrons. The minimum atomic E-state index is -0.946. The van der Waals surface area contributed by atoms with Gasteiger partial charge in [0.15, 0.2) is 0 Å². The maximum Gasteiger partial charge on any atom is 0.315 e. The summed E-state index contributed by atoms with van der Waals surface area (Å²) in [6.45, 7) is 3.32. The molecule has 2 aliphatic rings. The van der Waals surface area contributed by atoms with E-state index in [1.807, 2.05) is 11.8 Å². The first kappa shape index (κ1) is 17.9. The molecule has 2 rings (SSSR count). The molecule has 7 nitrogen and oxygen atoms in total. The number of hydrogen-bond acceptors (Lipinski definition) is 4. The van der Waals surface area contributed by atoms with E-state index in [-0.39, 0.29) is 30.6 Å². The first-order valence-electron chi connectivity index (χ1n) is 7.98. The number of carboxylic acids is 1. The fraction of sp³-hybridized carbons (Fsp3) is 0.800. The molecule has 4 N–H and O–H groups in total. The van der Waals surface area contributed by atoms with Gasteiger partial charge in [0, 0.05) is 24.0 Å². The van der Waals surface area contributed by atoms with Gasteiger partial charge in [-0.2, -0.15) is 11.8 Å². The van der Waals surface area contributed by atoms with Crippen molar-refractivity contribution in [2.24, 2.45) is 5.41 Å². The van der Waals surface area contributed by atoms with Crippen LogP contribution in [0.5, 0.6) is 0 Å².